The number of rotatable bonds is 3. The molecule has 124 valence electrons. The van der Waals surface area contributed by atoms with Crippen molar-refractivity contribution in [3.63, 3.8) is 0 Å². The maximum Gasteiger partial charge on any atom is 0.229 e. The third-order valence-electron chi connectivity index (χ3n) is 4.59. The molecule has 2 aliphatic heterocycles. The molecule has 0 radical (unpaired) electrons. The first-order chi connectivity index (χ1) is 11.7. The lowest BCUT2D eigenvalue weighted by Crippen LogP contribution is -2.37. The summed E-state index contributed by atoms with van der Waals surface area (Å²) >= 11 is 0. The molecule has 0 N–H and O–H groups in total. The highest BCUT2D eigenvalue weighted by molar-refractivity contribution is 5.79. The Morgan fingerprint density at radius 2 is 1.96 bits per heavy atom. The van der Waals surface area contributed by atoms with E-state index < -0.39 is 0 Å². The van der Waals surface area contributed by atoms with Crippen molar-refractivity contribution in [2.75, 3.05) is 24.5 Å². The third-order valence-corrected chi connectivity index (χ3v) is 4.59. The maximum atomic E-state index is 12.3. The maximum absolute atomic E-state index is 12.3. The molecule has 4 rings (SSSR count). The van der Waals surface area contributed by atoms with Gasteiger partial charge >= 0.3 is 0 Å². The Hall–Kier alpha value is -2.70. The molecule has 24 heavy (non-hydrogen) atoms. The number of anilines is 1. The monoisotopic (exact) mass is 324 g/mol. The summed E-state index contributed by atoms with van der Waals surface area (Å²) in [6.07, 6.45) is 9.92. The van der Waals surface area contributed by atoms with E-state index in [4.69, 9.17) is 4.98 Å². The first-order valence-electron chi connectivity index (χ1n) is 8.25. The van der Waals surface area contributed by atoms with Gasteiger partial charge in [-0.2, -0.15) is 0 Å². The van der Waals surface area contributed by atoms with Crippen molar-refractivity contribution < 1.29 is 4.79 Å². The molecule has 0 bridgehead atoms. The molecule has 2 aromatic heterocycles. The Morgan fingerprint density at radius 3 is 2.71 bits per heavy atom. The second kappa shape index (κ2) is 6.07. The molecule has 1 atom stereocenters. The molecule has 1 amide bonds. The van der Waals surface area contributed by atoms with Gasteiger partial charge in [0.1, 0.15) is 5.82 Å². The van der Waals surface area contributed by atoms with E-state index in [9.17, 15) is 4.79 Å². The van der Waals surface area contributed by atoms with Crippen molar-refractivity contribution in [2.45, 2.75) is 25.9 Å². The zero-order valence-corrected chi connectivity index (χ0v) is 13.7. The minimum atomic E-state index is 0.0819. The normalized spacial score (nSPS) is 19.6. The van der Waals surface area contributed by atoms with Gasteiger partial charge in [0.15, 0.2) is 0 Å². The van der Waals surface area contributed by atoms with Crippen molar-refractivity contribution in [1.82, 2.24) is 24.4 Å². The molecular formula is C17H20N6O. The lowest BCUT2D eigenvalue weighted by molar-refractivity contribution is -0.129. The van der Waals surface area contributed by atoms with Crippen LogP contribution in [0.3, 0.4) is 0 Å². The van der Waals surface area contributed by atoms with Crippen LogP contribution in [0.2, 0.25) is 0 Å². The standard InChI is InChI=1S/C17H20N6O/c1-13-16-20-14(11-15(24)21-7-2-3-8-21)12-22(16)9-10-23(13)17-18-5-4-6-19-17/h2-6,12-13H,7-11H2,1H3/t13-/m0/s1. The molecule has 4 heterocycles. The number of carbonyl (C=O) groups excluding carboxylic acids is 1. The van der Waals surface area contributed by atoms with Crippen molar-refractivity contribution in [2.24, 2.45) is 0 Å². The average molecular weight is 324 g/mol. The number of nitrogens with zero attached hydrogens (tertiary/aromatic N) is 6. The van der Waals surface area contributed by atoms with Crippen LogP contribution in [0.1, 0.15) is 24.5 Å². The fraction of sp³-hybridized carbons (Fsp3) is 0.412. The summed E-state index contributed by atoms with van der Waals surface area (Å²) in [5.41, 5.74) is 0.838. The van der Waals surface area contributed by atoms with Crippen molar-refractivity contribution in [3.8, 4) is 0 Å². The number of carbonyl (C=O) groups is 1. The lowest BCUT2D eigenvalue weighted by Gasteiger charge is -2.33. The van der Waals surface area contributed by atoms with Gasteiger partial charge in [0, 0.05) is 44.8 Å². The number of hydrogen-bond donors (Lipinski definition) is 0. The van der Waals surface area contributed by atoms with Crippen LogP contribution >= 0.6 is 0 Å². The van der Waals surface area contributed by atoms with Crippen LogP contribution in [-0.4, -0.2) is 50.0 Å². The summed E-state index contributed by atoms with van der Waals surface area (Å²) in [4.78, 5) is 29.7. The lowest BCUT2D eigenvalue weighted by atomic mass is 10.2. The summed E-state index contributed by atoms with van der Waals surface area (Å²) in [6, 6.07) is 1.90. The minimum absolute atomic E-state index is 0.0819. The molecule has 0 spiro atoms. The number of hydrogen-bond acceptors (Lipinski definition) is 5. The first kappa shape index (κ1) is 14.9. The van der Waals surface area contributed by atoms with Crippen LogP contribution in [0.4, 0.5) is 5.95 Å². The zero-order chi connectivity index (χ0) is 16.5. The SMILES string of the molecule is C[C@H]1c2nc(CC(=O)N3CC=CC3)cn2CCN1c1ncccn1. The van der Waals surface area contributed by atoms with E-state index in [1.807, 2.05) is 29.3 Å². The van der Waals surface area contributed by atoms with Crippen LogP contribution < -0.4 is 4.90 Å². The fourth-order valence-electron chi connectivity index (χ4n) is 3.29. The van der Waals surface area contributed by atoms with E-state index in [1.54, 1.807) is 12.4 Å². The number of aromatic nitrogens is 4. The highest BCUT2D eigenvalue weighted by atomic mass is 16.2. The van der Waals surface area contributed by atoms with E-state index in [0.29, 0.717) is 19.5 Å². The first-order valence-corrected chi connectivity index (χ1v) is 8.25. The van der Waals surface area contributed by atoms with Gasteiger partial charge in [-0.3, -0.25) is 4.79 Å². The van der Waals surface area contributed by atoms with E-state index in [-0.39, 0.29) is 11.9 Å². The summed E-state index contributed by atoms with van der Waals surface area (Å²) < 4.78 is 2.15. The van der Waals surface area contributed by atoms with Crippen LogP contribution in [-0.2, 0) is 17.8 Å². The Morgan fingerprint density at radius 1 is 1.21 bits per heavy atom. The number of fused-ring (bicyclic) bond motifs is 1. The summed E-state index contributed by atoms with van der Waals surface area (Å²) in [5, 5.41) is 0. The predicted octanol–water partition coefficient (Wildman–Crippen LogP) is 1.20. The molecule has 0 saturated carbocycles. The second-order valence-electron chi connectivity index (χ2n) is 6.15. The molecule has 0 unspecified atom stereocenters. The topological polar surface area (TPSA) is 67.2 Å². The molecule has 0 saturated heterocycles. The van der Waals surface area contributed by atoms with E-state index in [1.165, 1.54) is 0 Å². The van der Waals surface area contributed by atoms with Gasteiger partial charge in [0.05, 0.1) is 18.2 Å². The molecule has 7 nitrogen and oxygen atoms in total. The Balaban J connectivity index is 1.51. The van der Waals surface area contributed by atoms with Crippen LogP contribution in [0.25, 0.3) is 0 Å². The number of imidazole rings is 1. The Kier molecular flexibility index (Phi) is 3.76. The van der Waals surface area contributed by atoms with Gasteiger partial charge in [0.2, 0.25) is 11.9 Å². The average Bonchev–Trinajstić information content (AvgIpc) is 3.25. The smallest absolute Gasteiger partial charge is 0.229 e. The zero-order valence-electron chi connectivity index (χ0n) is 13.7. The molecule has 2 aliphatic rings. The van der Waals surface area contributed by atoms with Crippen LogP contribution in [0.15, 0.2) is 36.8 Å². The highest BCUT2D eigenvalue weighted by Gasteiger charge is 2.28. The van der Waals surface area contributed by atoms with Crippen LogP contribution in [0, 0.1) is 0 Å². The molecular weight excluding hydrogens is 304 g/mol. The quantitative estimate of drug-likeness (QED) is 0.794. The summed E-state index contributed by atoms with van der Waals surface area (Å²) in [5.74, 6) is 1.82. The minimum Gasteiger partial charge on any atom is -0.335 e. The third kappa shape index (κ3) is 2.66. The van der Waals surface area contributed by atoms with Gasteiger partial charge in [-0.15, -0.1) is 0 Å². The van der Waals surface area contributed by atoms with Crippen molar-refractivity contribution in [3.05, 3.63) is 48.3 Å². The van der Waals surface area contributed by atoms with Gasteiger partial charge < -0.3 is 14.4 Å². The molecule has 0 fully saturated rings. The predicted molar refractivity (Wildman–Crippen MR) is 89.4 cm³/mol. The van der Waals surface area contributed by atoms with E-state index >= 15 is 0 Å². The number of amides is 1. The fourth-order valence-corrected chi connectivity index (χ4v) is 3.29. The van der Waals surface area contributed by atoms with Crippen LogP contribution in [0.5, 0.6) is 0 Å². The van der Waals surface area contributed by atoms with E-state index in [0.717, 1.165) is 30.6 Å². The highest BCUT2D eigenvalue weighted by Crippen LogP contribution is 2.27. The molecule has 0 aliphatic carbocycles. The summed E-state index contributed by atoms with van der Waals surface area (Å²) in [6.45, 7) is 5.18. The van der Waals surface area contributed by atoms with Gasteiger partial charge in [0.25, 0.3) is 0 Å². The second-order valence-corrected chi connectivity index (χ2v) is 6.15. The van der Waals surface area contributed by atoms with Gasteiger partial charge in [-0.1, -0.05) is 12.2 Å². The Labute approximate surface area is 140 Å². The summed E-state index contributed by atoms with van der Waals surface area (Å²) in [7, 11) is 0. The van der Waals surface area contributed by atoms with E-state index in [2.05, 4.69) is 26.4 Å². The Bertz CT molecular complexity index is 761. The molecule has 7 heteroatoms. The van der Waals surface area contributed by atoms with Crippen molar-refractivity contribution >= 4 is 11.9 Å². The largest absolute Gasteiger partial charge is 0.335 e. The molecule has 0 aromatic carbocycles. The van der Waals surface area contributed by atoms with Gasteiger partial charge in [-0.05, 0) is 13.0 Å². The van der Waals surface area contributed by atoms with Gasteiger partial charge in [-0.25, -0.2) is 15.0 Å². The van der Waals surface area contributed by atoms with Crippen molar-refractivity contribution in [1.29, 1.82) is 0 Å². The molecule has 2 aromatic rings.